The SMILES string of the molecule is C=C[C@@H]1C[C@]1(NC(=O)[C@@H]1C[C@@H](Oc2cc(-c3ccc4c(c3)CCN4C)nc3cc(OC)ccc23)CN1C(=O)C(NC(=O)OC(C)(C)C)C(C)C)C(=O)OCC. The van der Waals surface area contributed by atoms with Gasteiger partial charge in [0, 0.05) is 54.7 Å². The van der Waals surface area contributed by atoms with Crippen LogP contribution < -0.4 is 25.0 Å². The highest BCUT2D eigenvalue weighted by molar-refractivity contribution is 5.97. The number of amides is 3. The number of nitrogens with zero attached hydrogens (tertiary/aromatic N) is 3. The number of benzene rings is 2. The third-order valence-corrected chi connectivity index (χ3v) is 10.5. The number of esters is 1. The minimum atomic E-state index is -1.27. The van der Waals surface area contributed by atoms with Gasteiger partial charge in [0.05, 0.1) is 31.5 Å². The van der Waals surface area contributed by atoms with Gasteiger partial charge >= 0.3 is 12.1 Å². The number of hydrogen-bond donors (Lipinski definition) is 2. The van der Waals surface area contributed by atoms with Crippen LogP contribution in [0.25, 0.3) is 22.2 Å². The van der Waals surface area contributed by atoms with Crippen molar-refractivity contribution in [1.29, 1.82) is 0 Å². The highest BCUT2D eigenvalue weighted by Crippen LogP contribution is 2.46. The lowest BCUT2D eigenvalue weighted by atomic mass is 10.0. The Hall–Kier alpha value is -5.33. The number of anilines is 1. The second-order valence-corrected chi connectivity index (χ2v) is 16.0. The van der Waals surface area contributed by atoms with Crippen LogP contribution >= 0.6 is 0 Å². The van der Waals surface area contributed by atoms with Gasteiger partial charge in [-0.3, -0.25) is 9.59 Å². The van der Waals surface area contributed by atoms with Crippen LogP contribution in [0, 0.1) is 11.8 Å². The maximum absolute atomic E-state index is 14.5. The molecule has 1 saturated heterocycles. The van der Waals surface area contributed by atoms with Crippen molar-refractivity contribution in [2.75, 3.05) is 38.8 Å². The minimum absolute atomic E-state index is 0.0356. The maximum Gasteiger partial charge on any atom is 0.408 e. The largest absolute Gasteiger partial charge is 0.497 e. The van der Waals surface area contributed by atoms with E-state index in [0.717, 1.165) is 23.9 Å². The van der Waals surface area contributed by atoms with Gasteiger partial charge in [-0.05, 0) is 76.3 Å². The Morgan fingerprint density at radius 3 is 2.53 bits per heavy atom. The lowest BCUT2D eigenvalue weighted by molar-refractivity contribution is -0.150. The van der Waals surface area contributed by atoms with E-state index in [4.69, 9.17) is 23.9 Å². The molecule has 13 nitrogen and oxygen atoms in total. The van der Waals surface area contributed by atoms with Gasteiger partial charge in [0.1, 0.15) is 40.8 Å². The first kappa shape index (κ1) is 39.4. The maximum atomic E-state index is 14.5. The number of alkyl carbamates (subject to hydrolysis) is 1. The highest BCUT2D eigenvalue weighted by Gasteiger charge is 2.62. The Morgan fingerprint density at radius 1 is 1.11 bits per heavy atom. The molecule has 55 heavy (non-hydrogen) atoms. The summed E-state index contributed by atoms with van der Waals surface area (Å²) in [5.74, 6) is -1.04. The Morgan fingerprint density at radius 2 is 1.87 bits per heavy atom. The molecule has 3 heterocycles. The van der Waals surface area contributed by atoms with Crippen LogP contribution in [0.15, 0.2) is 55.1 Å². The summed E-state index contributed by atoms with van der Waals surface area (Å²) in [6, 6.07) is 11.7. The molecular weight excluding hydrogens is 702 g/mol. The molecule has 1 aliphatic carbocycles. The van der Waals surface area contributed by atoms with E-state index in [2.05, 4.69) is 41.3 Å². The molecule has 5 atom stereocenters. The summed E-state index contributed by atoms with van der Waals surface area (Å²) in [6.45, 7) is 15.5. The van der Waals surface area contributed by atoms with Gasteiger partial charge in [-0.15, -0.1) is 6.58 Å². The van der Waals surface area contributed by atoms with E-state index in [-0.39, 0.29) is 31.4 Å². The molecule has 13 heteroatoms. The fourth-order valence-electron chi connectivity index (χ4n) is 7.52. The van der Waals surface area contributed by atoms with Crippen molar-refractivity contribution in [2.45, 2.75) is 90.1 Å². The third-order valence-electron chi connectivity index (χ3n) is 10.5. The van der Waals surface area contributed by atoms with E-state index in [1.807, 2.05) is 44.2 Å². The van der Waals surface area contributed by atoms with Crippen molar-refractivity contribution in [3.63, 3.8) is 0 Å². The number of hydrogen-bond acceptors (Lipinski definition) is 10. The fourth-order valence-corrected chi connectivity index (χ4v) is 7.52. The first-order valence-electron chi connectivity index (χ1n) is 19.0. The normalized spacial score (nSPS) is 22.2. The first-order valence-corrected chi connectivity index (χ1v) is 19.0. The predicted molar refractivity (Wildman–Crippen MR) is 209 cm³/mol. The minimum Gasteiger partial charge on any atom is -0.497 e. The summed E-state index contributed by atoms with van der Waals surface area (Å²) in [4.78, 5) is 63.5. The summed E-state index contributed by atoms with van der Waals surface area (Å²) >= 11 is 0. The topological polar surface area (TPSA) is 149 Å². The molecule has 294 valence electrons. The number of carbonyl (C=O) groups excluding carboxylic acids is 4. The molecule has 0 spiro atoms. The molecular formula is C42H53N5O8. The predicted octanol–water partition coefficient (Wildman–Crippen LogP) is 5.42. The van der Waals surface area contributed by atoms with Gasteiger partial charge in [-0.1, -0.05) is 26.0 Å². The van der Waals surface area contributed by atoms with Crippen LogP contribution in [-0.4, -0.2) is 96.9 Å². The third kappa shape index (κ3) is 8.20. The van der Waals surface area contributed by atoms with Crippen LogP contribution in [-0.2, 0) is 30.3 Å². The highest BCUT2D eigenvalue weighted by atomic mass is 16.6. The molecule has 0 radical (unpaired) electrons. The lowest BCUT2D eigenvalue weighted by Crippen LogP contribution is -2.57. The van der Waals surface area contributed by atoms with E-state index in [0.29, 0.717) is 29.1 Å². The molecule has 0 bridgehead atoms. The molecule has 3 aromatic rings. The zero-order valence-corrected chi connectivity index (χ0v) is 33.1. The fraction of sp³-hybridized carbons (Fsp3) is 0.500. The second kappa shape index (κ2) is 15.4. The molecule has 6 rings (SSSR count). The zero-order valence-electron chi connectivity index (χ0n) is 33.1. The number of methoxy groups -OCH3 is 1. The molecule has 1 aromatic heterocycles. The van der Waals surface area contributed by atoms with Gasteiger partial charge in [0.15, 0.2) is 0 Å². The Kier molecular flexibility index (Phi) is 11.0. The van der Waals surface area contributed by atoms with Crippen LogP contribution in [0.3, 0.4) is 0 Å². The number of likely N-dealkylation sites (N-methyl/N-ethyl adjacent to an activating group) is 1. The van der Waals surface area contributed by atoms with Crippen molar-refractivity contribution in [3.8, 4) is 22.8 Å². The van der Waals surface area contributed by atoms with Crippen molar-refractivity contribution in [3.05, 3.63) is 60.7 Å². The smallest absolute Gasteiger partial charge is 0.408 e. The molecule has 2 aromatic carbocycles. The van der Waals surface area contributed by atoms with E-state index < -0.39 is 53.2 Å². The molecule has 3 aliphatic rings. The summed E-state index contributed by atoms with van der Waals surface area (Å²) in [7, 11) is 3.68. The summed E-state index contributed by atoms with van der Waals surface area (Å²) < 4.78 is 23.1. The van der Waals surface area contributed by atoms with E-state index in [9.17, 15) is 19.2 Å². The van der Waals surface area contributed by atoms with Crippen molar-refractivity contribution in [1.82, 2.24) is 20.5 Å². The molecule has 2 aliphatic heterocycles. The summed E-state index contributed by atoms with van der Waals surface area (Å²) in [5, 5.41) is 6.39. The molecule has 1 saturated carbocycles. The van der Waals surface area contributed by atoms with Crippen molar-refractivity contribution >= 4 is 40.5 Å². The molecule has 1 unspecified atom stereocenters. The number of ether oxygens (including phenoxy) is 4. The van der Waals surface area contributed by atoms with E-state index >= 15 is 0 Å². The van der Waals surface area contributed by atoms with Gasteiger partial charge in [0.25, 0.3) is 0 Å². The lowest BCUT2D eigenvalue weighted by Gasteiger charge is -2.31. The standard InChI is InChI=1S/C42H53N5O8/c1-10-27-22-42(27,39(50)53-11-2)45-37(48)34-20-29(23-47(34)38(49)36(24(3)4)44-40(51)55-41(5,6)7)54-35-21-31(43-32-19-28(52-9)13-14-30(32)35)25-12-15-33-26(18-25)16-17-46(33)8/h10,12-15,18-19,21,24,27,29,34,36H,1,11,16-17,20,22-23H2,2-9H3,(H,44,51)(H,45,48)/t27-,29-,34+,36?,42-/m1/s1. The Labute approximate surface area is 322 Å². The molecule has 2 fully saturated rings. The number of rotatable bonds is 12. The van der Waals surface area contributed by atoms with Crippen LogP contribution in [0.1, 0.15) is 59.9 Å². The van der Waals surface area contributed by atoms with Crippen molar-refractivity contribution in [2.24, 2.45) is 11.8 Å². The number of nitrogens with one attached hydrogen (secondary N) is 2. The second-order valence-electron chi connectivity index (χ2n) is 16.0. The Balaban J connectivity index is 1.34. The number of carbonyl (C=O) groups is 4. The average molecular weight is 756 g/mol. The van der Waals surface area contributed by atoms with Gasteiger partial charge < -0.3 is 39.4 Å². The van der Waals surface area contributed by atoms with Crippen LogP contribution in [0.2, 0.25) is 0 Å². The molecule has 2 N–H and O–H groups in total. The summed E-state index contributed by atoms with van der Waals surface area (Å²) in [5.41, 5.74) is 2.67. The van der Waals surface area contributed by atoms with Gasteiger partial charge in [-0.2, -0.15) is 0 Å². The number of likely N-dealkylation sites (tertiary alicyclic amines) is 1. The van der Waals surface area contributed by atoms with Gasteiger partial charge in [0.2, 0.25) is 11.8 Å². The Bertz CT molecular complexity index is 1990. The van der Waals surface area contributed by atoms with Crippen LogP contribution in [0.5, 0.6) is 11.5 Å². The van der Waals surface area contributed by atoms with Crippen molar-refractivity contribution < 1.29 is 38.1 Å². The van der Waals surface area contributed by atoms with E-state index in [1.165, 1.54) is 16.2 Å². The first-order chi connectivity index (χ1) is 26.1. The number of fused-ring (bicyclic) bond motifs is 2. The zero-order chi connectivity index (χ0) is 39.8. The molecule has 3 amide bonds. The number of pyridine rings is 1. The number of aromatic nitrogens is 1. The van der Waals surface area contributed by atoms with Gasteiger partial charge in [-0.25, -0.2) is 14.6 Å². The average Bonchev–Trinajstić information content (AvgIpc) is 3.48. The monoisotopic (exact) mass is 755 g/mol. The van der Waals surface area contributed by atoms with E-state index in [1.54, 1.807) is 40.9 Å². The van der Waals surface area contributed by atoms with Crippen LogP contribution in [0.4, 0.5) is 10.5 Å². The summed E-state index contributed by atoms with van der Waals surface area (Å²) in [6.07, 6.45) is 1.63. The quantitative estimate of drug-likeness (QED) is 0.181.